The van der Waals surface area contributed by atoms with Crippen LogP contribution in [0.2, 0.25) is 0 Å². The van der Waals surface area contributed by atoms with Gasteiger partial charge in [0, 0.05) is 25.3 Å². The lowest BCUT2D eigenvalue weighted by Crippen LogP contribution is -2.38. The van der Waals surface area contributed by atoms with Crippen LogP contribution in [-0.4, -0.2) is 48.0 Å². The fourth-order valence-electron chi connectivity index (χ4n) is 4.09. The van der Waals surface area contributed by atoms with Gasteiger partial charge in [-0.2, -0.15) is 4.31 Å². The topological polar surface area (TPSA) is 79.4 Å². The Morgan fingerprint density at radius 1 is 1.12 bits per heavy atom. The fourth-order valence-corrected chi connectivity index (χ4v) is 6.25. The molecule has 180 valence electrons. The van der Waals surface area contributed by atoms with E-state index in [0.717, 1.165) is 38.5 Å². The van der Waals surface area contributed by atoms with Crippen molar-refractivity contribution >= 4 is 27.7 Å². The van der Waals surface area contributed by atoms with Crippen LogP contribution in [0.3, 0.4) is 0 Å². The summed E-state index contributed by atoms with van der Waals surface area (Å²) in [5, 5.41) is 3.37. The van der Waals surface area contributed by atoms with Gasteiger partial charge < -0.3 is 5.32 Å². The molecular formula is C25H35N3O3S2. The molecule has 1 saturated carbocycles. The van der Waals surface area contributed by atoms with Gasteiger partial charge in [0.1, 0.15) is 4.90 Å². The molecule has 1 N–H and O–H groups in total. The van der Waals surface area contributed by atoms with Gasteiger partial charge in [-0.15, -0.1) is 0 Å². The highest BCUT2D eigenvalue weighted by molar-refractivity contribution is 8.00. The number of rotatable bonds is 10. The molecule has 0 bridgehead atoms. The summed E-state index contributed by atoms with van der Waals surface area (Å²) in [6, 6.07) is 13.6. The number of aryl methyl sites for hydroxylation is 1. The monoisotopic (exact) mass is 489 g/mol. The third-order valence-electron chi connectivity index (χ3n) is 6.24. The number of hydrogen-bond donors (Lipinski definition) is 1. The number of thioether (sulfide) groups is 1. The van der Waals surface area contributed by atoms with Crippen molar-refractivity contribution in [3.05, 3.63) is 54.2 Å². The molecule has 33 heavy (non-hydrogen) atoms. The minimum Gasteiger partial charge on any atom is -0.353 e. The number of aromatic nitrogens is 1. The molecule has 1 aliphatic rings. The van der Waals surface area contributed by atoms with Crippen molar-refractivity contribution in [1.82, 2.24) is 14.6 Å². The van der Waals surface area contributed by atoms with Crippen molar-refractivity contribution in [3.8, 4) is 0 Å². The van der Waals surface area contributed by atoms with Crippen LogP contribution in [-0.2, 0) is 21.2 Å². The second-order valence-electron chi connectivity index (χ2n) is 8.84. The Bertz CT molecular complexity index is 991. The van der Waals surface area contributed by atoms with E-state index in [1.165, 1.54) is 34.2 Å². The summed E-state index contributed by atoms with van der Waals surface area (Å²) in [6.45, 7) is 3.85. The lowest BCUT2D eigenvalue weighted by Gasteiger charge is -2.30. The number of carbonyl (C=O) groups excluding carboxylic acids is 1. The zero-order valence-electron chi connectivity index (χ0n) is 19.7. The number of hydrogen-bond acceptors (Lipinski definition) is 5. The highest BCUT2D eigenvalue weighted by Gasteiger charge is 2.29. The number of carbonyl (C=O) groups is 1. The van der Waals surface area contributed by atoms with E-state index in [2.05, 4.69) is 22.4 Å². The molecule has 0 aliphatic heterocycles. The summed E-state index contributed by atoms with van der Waals surface area (Å²) in [7, 11) is -1.90. The summed E-state index contributed by atoms with van der Waals surface area (Å²) in [4.78, 5) is 17.1. The Balaban J connectivity index is 1.51. The average molecular weight is 490 g/mol. The van der Waals surface area contributed by atoms with E-state index >= 15 is 0 Å². The van der Waals surface area contributed by atoms with E-state index in [9.17, 15) is 13.2 Å². The summed E-state index contributed by atoms with van der Waals surface area (Å²) in [6.07, 6.45) is 8.33. The molecule has 1 aromatic carbocycles. The van der Waals surface area contributed by atoms with E-state index in [1.54, 1.807) is 19.2 Å². The van der Waals surface area contributed by atoms with E-state index < -0.39 is 10.0 Å². The molecule has 8 heteroatoms. The zero-order chi connectivity index (χ0) is 23.8. The van der Waals surface area contributed by atoms with Gasteiger partial charge >= 0.3 is 0 Å². The van der Waals surface area contributed by atoms with Crippen LogP contribution in [0.4, 0.5) is 0 Å². The minimum atomic E-state index is -3.56. The number of benzene rings is 1. The molecule has 0 saturated heterocycles. The van der Waals surface area contributed by atoms with Crippen molar-refractivity contribution < 1.29 is 13.2 Å². The maximum Gasteiger partial charge on any atom is 0.244 e. The maximum atomic E-state index is 13.0. The SMILES string of the molecule is CC(CCc1ccccc1)NC(=O)C(C)Sc1ccc(S(=O)(=O)N(C)C2CCCCC2)cn1. The lowest BCUT2D eigenvalue weighted by molar-refractivity contribution is -0.120. The summed E-state index contributed by atoms with van der Waals surface area (Å²) < 4.78 is 27.4. The Kier molecular flexibility index (Phi) is 9.35. The van der Waals surface area contributed by atoms with Crippen LogP contribution in [0.1, 0.15) is 57.9 Å². The number of pyridine rings is 1. The normalized spacial score (nSPS) is 17.0. The van der Waals surface area contributed by atoms with Gasteiger partial charge in [-0.05, 0) is 57.2 Å². The van der Waals surface area contributed by atoms with Crippen molar-refractivity contribution in [2.45, 2.75) is 86.0 Å². The van der Waals surface area contributed by atoms with Gasteiger partial charge in [0.2, 0.25) is 15.9 Å². The number of nitrogens with zero attached hydrogens (tertiary/aromatic N) is 2. The van der Waals surface area contributed by atoms with Crippen LogP contribution in [0.25, 0.3) is 0 Å². The lowest BCUT2D eigenvalue weighted by atomic mass is 9.96. The second-order valence-corrected chi connectivity index (χ2v) is 12.2. The molecule has 0 spiro atoms. The van der Waals surface area contributed by atoms with Gasteiger partial charge in [-0.1, -0.05) is 61.4 Å². The fraction of sp³-hybridized carbons (Fsp3) is 0.520. The number of nitrogens with one attached hydrogen (secondary N) is 1. The van der Waals surface area contributed by atoms with Crippen LogP contribution in [0.15, 0.2) is 58.6 Å². The van der Waals surface area contributed by atoms with Crippen molar-refractivity contribution in [1.29, 1.82) is 0 Å². The van der Waals surface area contributed by atoms with E-state index in [0.29, 0.717) is 5.03 Å². The molecule has 1 heterocycles. The first-order chi connectivity index (χ1) is 15.8. The quantitative estimate of drug-likeness (QED) is 0.491. The van der Waals surface area contributed by atoms with Crippen molar-refractivity contribution in [3.63, 3.8) is 0 Å². The zero-order valence-corrected chi connectivity index (χ0v) is 21.4. The summed E-state index contributed by atoms with van der Waals surface area (Å²) in [5.74, 6) is -0.0453. The van der Waals surface area contributed by atoms with Crippen molar-refractivity contribution in [2.24, 2.45) is 0 Å². The first-order valence-corrected chi connectivity index (χ1v) is 14.0. The first-order valence-electron chi connectivity index (χ1n) is 11.7. The number of amides is 1. The molecule has 1 fully saturated rings. The minimum absolute atomic E-state index is 0.0453. The molecule has 0 radical (unpaired) electrons. The van der Waals surface area contributed by atoms with Crippen molar-refractivity contribution in [2.75, 3.05) is 7.05 Å². The Morgan fingerprint density at radius 3 is 2.45 bits per heavy atom. The molecule has 2 atom stereocenters. The summed E-state index contributed by atoms with van der Waals surface area (Å²) in [5.41, 5.74) is 1.26. The van der Waals surface area contributed by atoms with Gasteiger partial charge in [0.15, 0.2) is 0 Å². The van der Waals surface area contributed by atoms with Gasteiger partial charge in [0.25, 0.3) is 0 Å². The Morgan fingerprint density at radius 2 is 1.82 bits per heavy atom. The molecule has 2 unspecified atom stereocenters. The molecule has 3 rings (SSSR count). The average Bonchev–Trinajstić information content (AvgIpc) is 2.83. The largest absolute Gasteiger partial charge is 0.353 e. The maximum absolute atomic E-state index is 13.0. The third kappa shape index (κ3) is 7.29. The molecule has 6 nitrogen and oxygen atoms in total. The smallest absolute Gasteiger partial charge is 0.244 e. The van der Waals surface area contributed by atoms with Crippen LogP contribution >= 0.6 is 11.8 Å². The third-order valence-corrected chi connectivity index (χ3v) is 9.18. The van der Waals surface area contributed by atoms with E-state index in [-0.39, 0.29) is 28.1 Å². The Hall–Kier alpha value is -1.90. The van der Waals surface area contributed by atoms with Crippen LogP contribution in [0, 0.1) is 0 Å². The first kappa shape index (κ1) is 25.7. The molecule has 1 aliphatic carbocycles. The van der Waals surface area contributed by atoms with E-state index in [4.69, 9.17) is 0 Å². The molecule has 2 aromatic rings. The second kappa shape index (κ2) is 12.0. The van der Waals surface area contributed by atoms with Gasteiger partial charge in [-0.25, -0.2) is 13.4 Å². The molecule has 1 amide bonds. The van der Waals surface area contributed by atoms with E-state index in [1.807, 2.05) is 32.0 Å². The Labute approximate surface area is 202 Å². The molecular weight excluding hydrogens is 454 g/mol. The summed E-state index contributed by atoms with van der Waals surface area (Å²) >= 11 is 1.33. The predicted octanol–water partition coefficient (Wildman–Crippen LogP) is 4.65. The highest BCUT2D eigenvalue weighted by Crippen LogP contribution is 2.27. The number of sulfonamides is 1. The standard InChI is InChI=1S/C25H35N3O3S2/c1-19(14-15-21-10-6-4-7-11-21)27-25(29)20(2)32-24-17-16-23(18-26-24)33(30,31)28(3)22-12-8-5-9-13-22/h4,6-7,10-11,16-20,22H,5,8-9,12-15H2,1-3H3,(H,27,29). The van der Waals surface area contributed by atoms with Gasteiger partial charge in [0.05, 0.1) is 10.3 Å². The molecule has 1 aromatic heterocycles. The van der Waals surface area contributed by atoms with Gasteiger partial charge in [-0.3, -0.25) is 4.79 Å². The van der Waals surface area contributed by atoms with Crippen LogP contribution < -0.4 is 5.32 Å². The highest BCUT2D eigenvalue weighted by atomic mass is 32.2. The predicted molar refractivity (Wildman–Crippen MR) is 134 cm³/mol. The van der Waals surface area contributed by atoms with Crippen LogP contribution in [0.5, 0.6) is 0 Å².